The third-order valence-electron chi connectivity index (χ3n) is 4.15. The summed E-state index contributed by atoms with van der Waals surface area (Å²) in [5.74, 6) is 0.798. The van der Waals surface area contributed by atoms with Crippen LogP contribution in [0.4, 0.5) is 0 Å². The Morgan fingerprint density at radius 2 is 2.09 bits per heavy atom. The highest BCUT2D eigenvalue weighted by Gasteiger charge is 2.23. The molecule has 0 radical (unpaired) electrons. The van der Waals surface area contributed by atoms with Crippen molar-refractivity contribution < 1.29 is 4.74 Å². The molecule has 1 fully saturated rings. The molecule has 5 heteroatoms. The number of hydrogen-bond donors (Lipinski definition) is 0. The monoisotopic (exact) mass is 317 g/mol. The van der Waals surface area contributed by atoms with Crippen LogP contribution in [0.2, 0.25) is 0 Å². The number of hydrogen-bond acceptors (Lipinski definition) is 5. The first-order valence-electron chi connectivity index (χ1n) is 7.92. The van der Waals surface area contributed by atoms with E-state index in [9.17, 15) is 0 Å². The second-order valence-electron chi connectivity index (χ2n) is 6.07. The predicted molar refractivity (Wildman–Crippen MR) is 90.4 cm³/mol. The van der Waals surface area contributed by atoms with Crippen molar-refractivity contribution >= 4 is 11.3 Å². The van der Waals surface area contributed by atoms with E-state index < -0.39 is 0 Å². The first-order chi connectivity index (χ1) is 10.6. The zero-order chi connectivity index (χ0) is 15.5. The smallest absolute Gasteiger partial charge is 0.228 e. The standard InChI is InChI=1S/C17H23N3OS/c1-12(2)20-9-6-15(7-10-20)21-16-13(3)22-17(19-16)14-5-4-8-18-11-14/h4-5,8,11-12,15H,6-7,9-10H2,1-3H3. The molecule has 1 aliphatic rings. The van der Waals surface area contributed by atoms with Crippen LogP contribution in [0.5, 0.6) is 5.88 Å². The Bertz CT molecular complexity index is 604. The van der Waals surface area contributed by atoms with E-state index in [0.717, 1.165) is 47.3 Å². The Balaban J connectivity index is 1.66. The number of aromatic nitrogens is 2. The van der Waals surface area contributed by atoms with Gasteiger partial charge < -0.3 is 9.64 Å². The van der Waals surface area contributed by atoms with Crippen molar-refractivity contribution in [2.45, 2.75) is 45.8 Å². The third kappa shape index (κ3) is 3.47. The molecule has 0 bridgehead atoms. The second kappa shape index (κ2) is 6.75. The molecule has 3 heterocycles. The quantitative estimate of drug-likeness (QED) is 0.860. The summed E-state index contributed by atoms with van der Waals surface area (Å²) in [6, 6.07) is 4.60. The van der Waals surface area contributed by atoms with Crippen molar-refractivity contribution in [3.05, 3.63) is 29.4 Å². The molecule has 1 saturated heterocycles. The number of rotatable bonds is 4. The molecule has 0 N–H and O–H groups in total. The van der Waals surface area contributed by atoms with Crippen molar-refractivity contribution in [3.8, 4) is 16.5 Å². The lowest BCUT2D eigenvalue weighted by Gasteiger charge is -2.34. The van der Waals surface area contributed by atoms with Crippen LogP contribution in [0.15, 0.2) is 24.5 Å². The van der Waals surface area contributed by atoms with E-state index in [1.807, 2.05) is 18.3 Å². The van der Waals surface area contributed by atoms with Gasteiger partial charge in [0, 0.05) is 37.1 Å². The third-order valence-corrected chi connectivity index (χ3v) is 5.15. The number of ether oxygens (including phenoxy) is 1. The second-order valence-corrected chi connectivity index (χ2v) is 7.27. The van der Waals surface area contributed by atoms with Crippen LogP contribution in [0.3, 0.4) is 0 Å². The molecule has 1 aliphatic heterocycles. The minimum absolute atomic E-state index is 0.289. The number of thiazole rings is 1. The fourth-order valence-corrected chi connectivity index (χ4v) is 3.61. The maximum atomic E-state index is 6.17. The van der Waals surface area contributed by atoms with Gasteiger partial charge in [-0.15, -0.1) is 11.3 Å². The van der Waals surface area contributed by atoms with Gasteiger partial charge in [0.05, 0.1) is 4.88 Å². The van der Waals surface area contributed by atoms with Crippen molar-refractivity contribution in [2.24, 2.45) is 0 Å². The van der Waals surface area contributed by atoms with Crippen LogP contribution in [0.1, 0.15) is 31.6 Å². The number of pyridine rings is 1. The van der Waals surface area contributed by atoms with E-state index in [-0.39, 0.29) is 6.10 Å². The van der Waals surface area contributed by atoms with Gasteiger partial charge in [0.15, 0.2) is 0 Å². The molecule has 0 amide bonds. The van der Waals surface area contributed by atoms with Crippen molar-refractivity contribution in [1.82, 2.24) is 14.9 Å². The molecular formula is C17H23N3OS. The van der Waals surface area contributed by atoms with Crippen molar-refractivity contribution in [2.75, 3.05) is 13.1 Å². The molecule has 0 saturated carbocycles. The van der Waals surface area contributed by atoms with E-state index >= 15 is 0 Å². The molecule has 2 aromatic rings. The highest BCUT2D eigenvalue weighted by molar-refractivity contribution is 7.15. The molecule has 0 unspecified atom stereocenters. The Hall–Kier alpha value is -1.46. The van der Waals surface area contributed by atoms with Crippen LogP contribution in [-0.2, 0) is 0 Å². The van der Waals surface area contributed by atoms with Gasteiger partial charge in [0.1, 0.15) is 11.1 Å². The summed E-state index contributed by atoms with van der Waals surface area (Å²) in [5.41, 5.74) is 1.06. The fraction of sp³-hybridized carbons (Fsp3) is 0.529. The van der Waals surface area contributed by atoms with Gasteiger partial charge in [-0.3, -0.25) is 4.98 Å². The van der Waals surface area contributed by atoms with E-state index in [1.54, 1.807) is 17.5 Å². The van der Waals surface area contributed by atoms with Crippen molar-refractivity contribution in [3.63, 3.8) is 0 Å². The Morgan fingerprint density at radius 3 is 2.73 bits per heavy atom. The van der Waals surface area contributed by atoms with Crippen molar-refractivity contribution in [1.29, 1.82) is 0 Å². The average Bonchev–Trinajstić information content (AvgIpc) is 2.90. The van der Waals surface area contributed by atoms with Crippen LogP contribution in [0, 0.1) is 6.92 Å². The summed E-state index contributed by atoms with van der Waals surface area (Å²) < 4.78 is 6.17. The highest BCUT2D eigenvalue weighted by Crippen LogP contribution is 2.32. The van der Waals surface area contributed by atoms with Gasteiger partial charge >= 0.3 is 0 Å². The van der Waals surface area contributed by atoms with Gasteiger partial charge in [-0.1, -0.05) is 0 Å². The zero-order valence-electron chi connectivity index (χ0n) is 13.5. The SMILES string of the molecule is Cc1sc(-c2cccnc2)nc1OC1CCN(C(C)C)CC1. The average molecular weight is 317 g/mol. The lowest BCUT2D eigenvalue weighted by atomic mass is 10.1. The predicted octanol–water partition coefficient (Wildman–Crippen LogP) is 3.77. The zero-order valence-corrected chi connectivity index (χ0v) is 14.3. The molecule has 0 spiro atoms. The lowest BCUT2D eigenvalue weighted by molar-refractivity contribution is 0.0813. The largest absolute Gasteiger partial charge is 0.473 e. The van der Waals surface area contributed by atoms with Gasteiger partial charge in [0.2, 0.25) is 5.88 Å². The van der Waals surface area contributed by atoms with E-state index in [4.69, 9.17) is 4.74 Å². The number of aryl methyl sites for hydroxylation is 1. The van der Waals surface area contributed by atoms with Crippen LogP contribution in [0.25, 0.3) is 10.6 Å². The summed E-state index contributed by atoms with van der Waals surface area (Å²) in [7, 11) is 0. The minimum atomic E-state index is 0.289. The normalized spacial score (nSPS) is 17.1. The lowest BCUT2D eigenvalue weighted by Crippen LogP contribution is -2.41. The summed E-state index contributed by atoms with van der Waals surface area (Å²) in [5, 5.41) is 0.986. The molecule has 0 aliphatic carbocycles. The van der Waals surface area contributed by atoms with Gasteiger partial charge in [-0.2, -0.15) is 0 Å². The molecule has 22 heavy (non-hydrogen) atoms. The Morgan fingerprint density at radius 1 is 1.32 bits per heavy atom. The topological polar surface area (TPSA) is 38.3 Å². The van der Waals surface area contributed by atoms with Gasteiger partial charge in [-0.25, -0.2) is 4.98 Å². The van der Waals surface area contributed by atoms with Crippen LogP contribution < -0.4 is 4.74 Å². The summed E-state index contributed by atoms with van der Waals surface area (Å²) >= 11 is 1.67. The van der Waals surface area contributed by atoms with E-state index in [2.05, 4.69) is 35.6 Å². The molecular weight excluding hydrogens is 294 g/mol. The number of piperidine rings is 1. The first-order valence-corrected chi connectivity index (χ1v) is 8.73. The molecule has 0 aromatic carbocycles. The fourth-order valence-electron chi connectivity index (χ4n) is 2.77. The molecule has 2 aromatic heterocycles. The maximum absolute atomic E-state index is 6.17. The van der Waals surface area contributed by atoms with Crippen LogP contribution in [-0.4, -0.2) is 40.1 Å². The maximum Gasteiger partial charge on any atom is 0.228 e. The molecule has 3 rings (SSSR count). The first kappa shape index (κ1) is 15.4. The minimum Gasteiger partial charge on any atom is -0.473 e. The van der Waals surface area contributed by atoms with Crippen LogP contribution >= 0.6 is 11.3 Å². The van der Waals surface area contributed by atoms with E-state index in [0.29, 0.717) is 6.04 Å². The summed E-state index contributed by atoms with van der Waals surface area (Å²) in [6.07, 6.45) is 6.08. The summed E-state index contributed by atoms with van der Waals surface area (Å²) in [6.45, 7) is 8.82. The molecule has 118 valence electrons. The summed E-state index contributed by atoms with van der Waals surface area (Å²) in [4.78, 5) is 12.5. The molecule has 4 nitrogen and oxygen atoms in total. The highest BCUT2D eigenvalue weighted by atomic mass is 32.1. The Labute approximate surface area is 136 Å². The number of likely N-dealkylation sites (tertiary alicyclic amines) is 1. The Kier molecular flexibility index (Phi) is 4.74. The van der Waals surface area contributed by atoms with E-state index in [1.165, 1.54) is 0 Å². The van der Waals surface area contributed by atoms with Gasteiger partial charge in [0.25, 0.3) is 0 Å². The molecule has 0 atom stereocenters. The van der Waals surface area contributed by atoms with Gasteiger partial charge in [-0.05, 0) is 45.7 Å². The number of nitrogens with zero attached hydrogens (tertiary/aromatic N) is 3.